The second-order valence-electron chi connectivity index (χ2n) is 6.22. The van der Waals surface area contributed by atoms with E-state index in [0.29, 0.717) is 5.69 Å². The van der Waals surface area contributed by atoms with E-state index in [2.05, 4.69) is 10.4 Å². The molecule has 0 aliphatic heterocycles. The molecule has 0 saturated carbocycles. The molecule has 0 bridgehead atoms. The van der Waals surface area contributed by atoms with E-state index in [1.807, 2.05) is 13.8 Å². The number of nitrogens with one attached hydrogen (secondary N) is 1. The van der Waals surface area contributed by atoms with Crippen molar-refractivity contribution in [3.63, 3.8) is 0 Å². The number of carboxylic acids is 1. The van der Waals surface area contributed by atoms with Crippen molar-refractivity contribution in [2.75, 3.05) is 0 Å². The summed E-state index contributed by atoms with van der Waals surface area (Å²) in [5.74, 6) is -1.86. The van der Waals surface area contributed by atoms with E-state index in [4.69, 9.17) is 5.11 Å². The Labute approximate surface area is 139 Å². The fourth-order valence-corrected chi connectivity index (χ4v) is 2.21. The molecule has 1 heterocycles. The molecule has 2 N–H and O–H groups in total. The lowest BCUT2D eigenvalue weighted by molar-refractivity contribution is -0.138. The van der Waals surface area contributed by atoms with Gasteiger partial charge in [0.2, 0.25) is 0 Å². The molecule has 0 fully saturated rings. The number of rotatable bonds is 6. The fourth-order valence-electron chi connectivity index (χ4n) is 2.21. The summed E-state index contributed by atoms with van der Waals surface area (Å²) in [5, 5.41) is 16.0. The normalized spacial score (nSPS) is 13.5. The van der Waals surface area contributed by atoms with Gasteiger partial charge >= 0.3 is 5.97 Å². The molecule has 0 saturated heterocycles. The molecule has 6 nitrogen and oxygen atoms in total. The van der Waals surface area contributed by atoms with Gasteiger partial charge in [-0.05, 0) is 43.2 Å². The van der Waals surface area contributed by atoms with Gasteiger partial charge < -0.3 is 10.4 Å². The average molecular weight is 333 g/mol. The molecule has 1 aromatic heterocycles. The number of aromatic nitrogens is 2. The Morgan fingerprint density at radius 3 is 2.46 bits per heavy atom. The maximum absolute atomic E-state index is 13.0. The van der Waals surface area contributed by atoms with Crippen LogP contribution in [0, 0.1) is 11.7 Å². The second-order valence-corrected chi connectivity index (χ2v) is 6.22. The zero-order valence-electron chi connectivity index (χ0n) is 13.8. The van der Waals surface area contributed by atoms with E-state index in [1.165, 1.54) is 22.9 Å². The van der Waals surface area contributed by atoms with Crippen LogP contribution in [0.3, 0.4) is 0 Å². The van der Waals surface area contributed by atoms with Crippen LogP contribution in [0.15, 0.2) is 36.5 Å². The van der Waals surface area contributed by atoms with Gasteiger partial charge in [-0.1, -0.05) is 13.8 Å². The zero-order valence-corrected chi connectivity index (χ0v) is 13.8. The molecular weight excluding hydrogens is 313 g/mol. The van der Waals surface area contributed by atoms with Crippen LogP contribution in [-0.4, -0.2) is 32.3 Å². The summed E-state index contributed by atoms with van der Waals surface area (Å²) in [7, 11) is 0. The van der Waals surface area contributed by atoms with Gasteiger partial charge in [-0.15, -0.1) is 0 Å². The van der Waals surface area contributed by atoms with Gasteiger partial charge in [0, 0.05) is 6.20 Å². The largest absolute Gasteiger partial charge is 0.481 e. The standard InChI is InChI=1S/C17H20FN3O3/c1-11(2)17(3,10-15(22)23)19-16(24)14-8-9-21(20-14)13-6-4-12(18)5-7-13/h4-9,11H,10H2,1-3H3,(H,19,24)(H,22,23). The number of carboxylic acid groups (broad SMARTS) is 1. The van der Waals surface area contributed by atoms with Crippen molar-refractivity contribution in [2.45, 2.75) is 32.7 Å². The third-order valence-electron chi connectivity index (χ3n) is 4.10. The molecule has 0 aliphatic carbocycles. The number of benzene rings is 1. The summed E-state index contributed by atoms with van der Waals surface area (Å²) in [6.07, 6.45) is 1.40. The van der Waals surface area contributed by atoms with Crippen LogP contribution in [0.4, 0.5) is 4.39 Å². The molecule has 0 aliphatic rings. The Hall–Kier alpha value is -2.70. The SMILES string of the molecule is CC(C)C(C)(CC(=O)O)NC(=O)c1ccn(-c2ccc(F)cc2)n1. The molecule has 24 heavy (non-hydrogen) atoms. The molecule has 1 unspecified atom stereocenters. The quantitative estimate of drug-likeness (QED) is 0.851. The Morgan fingerprint density at radius 1 is 1.29 bits per heavy atom. The van der Waals surface area contributed by atoms with Crippen molar-refractivity contribution >= 4 is 11.9 Å². The smallest absolute Gasteiger partial charge is 0.305 e. The molecule has 1 atom stereocenters. The first-order chi connectivity index (χ1) is 11.2. The molecule has 7 heteroatoms. The van der Waals surface area contributed by atoms with Crippen LogP contribution in [0.25, 0.3) is 5.69 Å². The summed E-state index contributed by atoms with van der Waals surface area (Å²) in [6.45, 7) is 5.39. The van der Waals surface area contributed by atoms with Crippen LogP contribution >= 0.6 is 0 Å². The molecule has 0 spiro atoms. The zero-order chi connectivity index (χ0) is 17.9. The van der Waals surface area contributed by atoms with Crippen LogP contribution in [-0.2, 0) is 4.79 Å². The Bertz CT molecular complexity index is 740. The maximum Gasteiger partial charge on any atom is 0.305 e. The van der Waals surface area contributed by atoms with Gasteiger partial charge in [-0.3, -0.25) is 9.59 Å². The summed E-state index contributed by atoms with van der Waals surface area (Å²) < 4.78 is 14.4. The van der Waals surface area contributed by atoms with Crippen molar-refractivity contribution < 1.29 is 19.1 Å². The lowest BCUT2D eigenvalue weighted by atomic mass is 9.85. The highest BCUT2D eigenvalue weighted by atomic mass is 19.1. The molecule has 128 valence electrons. The van der Waals surface area contributed by atoms with Gasteiger partial charge in [0.1, 0.15) is 5.82 Å². The van der Waals surface area contributed by atoms with Crippen LogP contribution in [0.5, 0.6) is 0 Å². The number of carbonyl (C=O) groups is 2. The van der Waals surface area contributed by atoms with E-state index >= 15 is 0 Å². The predicted molar refractivity (Wildman–Crippen MR) is 86.5 cm³/mol. The monoisotopic (exact) mass is 333 g/mol. The van der Waals surface area contributed by atoms with Gasteiger partial charge in [-0.2, -0.15) is 5.10 Å². The van der Waals surface area contributed by atoms with Crippen molar-refractivity contribution in [1.82, 2.24) is 15.1 Å². The first-order valence-corrected chi connectivity index (χ1v) is 7.57. The molecule has 2 aromatic rings. The minimum absolute atomic E-state index is 0.0725. The molecule has 1 amide bonds. The maximum atomic E-state index is 13.0. The Balaban J connectivity index is 2.18. The summed E-state index contributed by atoms with van der Waals surface area (Å²) in [4.78, 5) is 23.5. The van der Waals surface area contributed by atoms with Crippen molar-refractivity contribution in [3.8, 4) is 5.69 Å². The van der Waals surface area contributed by atoms with Gasteiger partial charge in [0.05, 0.1) is 17.6 Å². The van der Waals surface area contributed by atoms with E-state index in [1.54, 1.807) is 25.3 Å². The highest BCUT2D eigenvalue weighted by Gasteiger charge is 2.33. The minimum atomic E-state index is -0.983. The third kappa shape index (κ3) is 3.98. The van der Waals surface area contributed by atoms with Crippen LogP contribution in [0.1, 0.15) is 37.7 Å². The molecule has 0 radical (unpaired) electrons. The van der Waals surface area contributed by atoms with Crippen molar-refractivity contribution in [2.24, 2.45) is 5.92 Å². The summed E-state index contributed by atoms with van der Waals surface area (Å²) in [6, 6.07) is 7.23. The molecular formula is C17H20FN3O3. The van der Waals surface area contributed by atoms with E-state index in [0.717, 1.165) is 0 Å². The van der Waals surface area contributed by atoms with Gasteiger partial charge in [0.25, 0.3) is 5.91 Å². The molecule has 2 rings (SSSR count). The summed E-state index contributed by atoms with van der Waals surface area (Å²) >= 11 is 0. The van der Waals surface area contributed by atoms with Crippen LogP contribution < -0.4 is 5.32 Å². The molecule has 1 aromatic carbocycles. The van der Waals surface area contributed by atoms with Gasteiger partial charge in [-0.25, -0.2) is 9.07 Å². The van der Waals surface area contributed by atoms with E-state index in [9.17, 15) is 14.0 Å². The number of carbonyl (C=O) groups excluding carboxylic acids is 1. The van der Waals surface area contributed by atoms with Crippen LogP contribution in [0.2, 0.25) is 0 Å². The average Bonchev–Trinajstić information content (AvgIpc) is 2.96. The van der Waals surface area contributed by atoms with Gasteiger partial charge in [0.15, 0.2) is 5.69 Å². The van der Waals surface area contributed by atoms with Crippen molar-refractivity contribution in [1.29, 1.82) is 0 Å². The number of halogens is 1. The Kier molecular flexibility index (Phi) is 5.02. The Morgan fingerprint density at radius 2 is 1.92 bits per heavy atom. The predicted octanol–water partition coefficient (Wildman–Crippen LogP) is 2.63. The highest BCUT2D eigenvalue weighted by Crippen LogP contribution is 2.21. The summed E-state index contributed by atoms with van der Waals surface area (Å²) in [5.41, 5.74) is -0.105. The minimum Gasteiger partial charge on any atom is -0.481 e. The van der Waals surface area contributed by atoms with E-state index in [-0.39, 0.29) is 23.8 Å². The number of nitrogens with zero attached hydrogens (tertiary/aromatic N) is 2. The van der Waals surface area contributed by atoms with E-state index < -0.39 is 17.4 Å². The second kappa shape index (κ2) is 6.82. The van der Waals surface area contributed by atoms with Crippen molar-refractivity contribution in [3.05, 3.63) is 48.0 Å². The third-order valence-corrected chi connectivity index (χ3v) is 4.10. The number of aliphatic carboxylic acids is 1. The fraction of sp³-hybridized carbons (Fsp3) is 0.353. The first kappa shape index (κ1) is 17.7. The lowest BCUT2D eigenvalue weighted by Gasteiger charge is -2.33. The highest BCUT2D eigenvalue weighted by molar-refractivity contribution is 5.93. The topological polar surface area (TPSA) is 84.2 Å². The number of hydrogen-bond donors (Lipinski definition) is 2. The number of hydrogen-bond acceptors (Lipinski definition) is 3. The lowest BCUT2D eigenvalue weighted by Crippen LogP contribution is -2.51. The first-order valence-electron chi connectivity index (χ1n) is 7.57. The number of amides is 1.